The van der Waals surface area contributed by atoms with Crippen molar-refractivity contribution in [2.24, 2.45) is 3.77 Å². The summed E-state index contributed by atoms with van der Waals surface area (Å²) in [5.74, 6) is 0. The average Bonchev–Trinajstić information content (AvgIpc) is 2.44. The summed E-state index contributed by atoms with van der Waals surface area (Å²) in [6, 6.07) is 9.78. The van der Waals surface area contributed by atoms with Crippen LogP contribution >= 0.6 is 0 Å². The van der Waals surface area contributed by atoms with Crippen molar-refractivity contribution in [1.82, 2.24) is 0 Å². The van der Waals surface area contributed by atoms with Crippen molar-refractivity contribution in [3.8, 4) is 0 Å². The maximum Gasteiger partial charge on any atom is 1.00 e. The second-order valence-electron chi connectivity index (χ2n) is 4.87. The number of benzene rings is 2. The Morgan fingerprint density at radius 1 is 1.09 bits per heavy atom. The van der Waals surface area contributed by atoms with E-state index >= 15 is 0 Å². The van der Waals surface area contributed by atoms with Gasteiger partial charge in [0.2, 0.25) is 10.0 Å². The number of sulfonamides is 1. The molecule has 0 aliphatic heterocycles. The summed E-state index contributed by atoms with van der Waals surface area (Å²) in [7, 11) is -4.58. The third kappa shape index (κ3) is 4.72. The molecule has 23 heavy (non-hydrogen) atoms. The first-order valence-corrected chi connectivity index (χ1v) is 9.44. The molecule has 6 nitrogen and oxygen atoms in total. The van der Waals surface area contributed by atoms with Crippen molar-refractivity contribution in [3.63, 3.8) is 0 Å². The Bertz CT molecular complexity index is 944. The van der Waals surface area contributed by atoms with Gasteiger partial charge < -0.3 is 6.33 Å². The monoisotopic (exact) mass is 386 g/mol. The van der Waals surface area contributed by atoms with Crippen LogP contribution in [0.25, 0.3) is 10.8 Å². The molecule has 1 unspecified atom stereocenters. The van der Waals surface area contributed by atoms with E-state index in [1.165, 1.54) is 6.07 Å². The molecule has 2 aromatic rings. The zero-order chi connectivity index (χ0) is 16.5. The molecule has 0 aromatic heterocycles. The molecule has 0 heterocycles. The molecular formula is C13H16FKN2O4S2. The topological polar surface area (TPSA) is 76.0 Å². The van der Waals surface area contributed by atoms with E-state index in [-0.39, 0.29) is 57.7 Å². The molecule has 0 spiro atoms. The van der Waals surface area contributed by atoms with E-state index in [9.17, 15) is 17.2 Å². The summed E-state index contributed by atoms with van der Waals surface area (Å²) < 4.78 is 54.4. The van der Waals surface area contributed by atoms with Crippen LogP contribution in [0.3, 0.4) is 0 Å². The molecule has 0 aliphatic rings. The minimum atomic E-state index is -4.33. The largest absolute Gasteiger partial charge is 1.00 e. The number of hydrogen-bond donors (Lipinski definition) is 0. The number of rotatable bonds is 4. The molecule has 10 heteroatoms. The molecular weight excluding hydrogens is 370 g/mol. The van der Waals surface area contributed by atoms with Gasteiger partial charge in [-0.05, 0) is 16.7 Å². The summed E-state index contributed by atoms with van der Waals surface area (Å²) >= 11 is 0. The predicted molar refractivity (Wildman–Crippen MR) is 85.3 cm³/mol. The van der Waals surface area contributed by atoms with Crippen molar-refractivity contribution >= 4 is 36.5 Å². The first-order valence-electron chi connectivity index (χ1n) is 6.15. The fourth-order valence-corrected chi connectivity index (χ4v) is 4.65. The van der Waals surface area contributed by atoms with Gasteiger partial charge in [-0.1, -0.05) is 32.4 Å². The quantitative estimate of drug-likeness (QED) is 0.670. The van der Waals surface area contributed by atoms with Gasteiger partial charge in [-0.2, -0.15) is 8.42 Å². The first kappa shape index (κ1) is 21.0. The third-order valence-corrected chi connectivity index (χ3v) is 5.98. The van der Waals surface area contributed by atoms with Gasteiger partial charge in [0.05, 0.1) is 4.90 Å². The molecule has 122 valence electrons. The average molecular weight is 387 g/mol. The number of fused-ring (bicyclic) bond motifs is 1. The van der Waals surface area contributed by atoms with Crippen molar-refractivity contribution in [3.05, 3.63) is 36.4 Å². The normalized spacial score (nSPS) is 13.9. The zero-order valence-electron chi connectivity index (χ0n) is 14.2. The molecule has 0 fully saturated rings. The number of hydrogen-bond acceptors (Lipinski definition) is 5. The second-order valence-corrected chi connectivity index (χ2v) is 8.45. The van der Waals surface area contributed by atoms with Crippen LogP contribution in [0, 0.1) is 0 Å². The minimum Gasteiger partial charge on any atom is -1.00 e. The van der Waals surface area contributed by atoms with E-state index in [1.54, 1.807) is 24.3 Å². The van der Waals surface area contributed by atoms with E-state index in [0.717, 1.165) is 11.9 Å². The van der Waals surface area contributed by atoms with E-state index in [4.69, 9.17) is 0 Å². The molecule has 0 aliphatic carbocycles. The van der Waals surface area contributed by atoms with Gasteiger partial charge >= 0.3 is 51.4 Å². The fourth-order valence-electron chi connectivity index (χ4n) is 2.11. The molecule has 0 amide bonds. The van der Waals surface area contributed by atoms with Crippen LogP contribution in [-0.4, -0.2) is 33.0 Å². The number of anilines is 1. The van der Waals surface area contributed by atoms with Crippen LogP contribution < -0.4 is 56.3 Å². The molecule has 2 aromatic carbocycles. The van der Waals surface area contributed by atoms with Crippen LogP contribution in [-0.2, 0) is 24.4 Å². The van der Waals surface area contributed by atoms with Gasteiger partial charge in [0, 0.05) is 36.8 Å². The van der Waals surface area contributed by atoms with E-state index in [1.807, 2.05) is 25.1 Å². The maximum absolute atomic E-state index is 12.3. The Morgan fingerprint density at radius 3 is 2.22 bits per heavy atom. The van der Waals surface area contributed by atoms with E-state index in [2.05, 4.69) is 8.16 Å². The molecule has 0 bridgehead atoms. The maximum atomic E-state index is 12.3. The summed E-state index contributed by atoms with van der Waals surface area (Å²) in [6.45, 7) is 0. The van der Waals surface area contributed by atoms with Gasteiger partial charge in [0.15, 0.2) is 0 Å². The van der Waals surface area contributed by atoms with Crippen LogP contribution in [0.15, 0.2) is 45.1 Å². The summed E-state index contributed by atoms with van der Waals surface area (Å²) in [6.07, 6.45) is 0.765. The van der Waals surface area contributed by atoms with Crippen LogP contribution in [0.4, 0.5) is 10.2 Å². The molecule has 0 radical (unpaired) electrons. The standard InChI is InChI=1S/C13H15FN2O4S2.K.H/c1-16(2)12-8-4-7-11-10(12)6-5-9-13(11)22(18,19)15-21(3,17)20-14;;/h4-9H,1-3H3;;/q;+1;-1. The molecule has 1 atom stereocenters. The molecule has 0 saturated heterocycles. The first-order chi connectivity index (χ1) is 10.2. The Hall–Kier alpha value is -0.0736. The molecule has 0 saturated carbocycles. The van der Waals surface area contributed by atoms with Crippen LogP contribution in [0.5, 0.6) is 0 Å². The van der Waals surface area contributed by atoms with Crippen molar-refractivity contribution < 1.29 is 74.4 Å². The van der Waals surface area contributed by atoms with Crippen molar-refractivity contribution in [2.75, 3.05) is 25.3 Å². The fraction of sp³-hybridized carbons (Fsp3) is 0.231. The Balaban J connectivity index is 0.00000264. The zero-order valence-corrected chi connectivity index (χ0v) is 17.9. The second kappa shape index (κ2) is 7.87. The van der Waals surface area contributed by atoms with Crippen LogP contribution in [0.1, 0.15) is 1.43 Å². The van der Waals surface area contributed by atoms with Gasteiger partial charge in [0.25, 0.3) is 10.0 Å². The van der Waals surface area contributed by atoms with Crippen LogP contribution in [0.2, 0.25) is 0 Å². The Morgan fingerprint density at radius 2 is 1.65 bits per heavy atom. The molecule has 0 N–H and O–H groups in total. The Labute approximate surface area is 179 Å². The predicted octanol–water partition coefficient (Wildman–Crippen LogP) is -0.375. The SMILES string of the molecule is CN(C)c1cccc2c(S(=O)(=O)N=S(C)(=O)OF)cccc12.[H-].[K+]. The van der Waals surface area contributed by atoms with Gasteiger partial charge in [0.1, 0.15) is 0 Å². The van der Waals surface area contributed by atoms with E-state index < -0.39 is 20.0 Å². The number of nitrogens with zero attached hydrogens (tertiary/aromatic N) is 2. The van der Waals surface area contributed by atoms with Crippen molar-refractivity contribution in [2.45, 2.75) is 4.90 Å². The van der Waals surface area contributed by atoms with Gasteiger partial charge in [-0.3, -0.25) is 0 Å². The van der Waals surface area contributed by atoms with E-state index in [0.29, 0.717) is 10.8 Å². The summed E-state index contributed by atoms with van der Waals surface area (Å²) in [4.78, 5) is 1.68. The molecule has 2 rings (SSSR count). The third-order valence-electron chi connectivity index (χ3n) is 2.97. The van der Waals surface area contributed by atoms with Gasteiger partial charge in [-0.25, -0.2) is 4.21 Å². The summed E-state index contributed by atoms with van der Waals surface area (Å²) in [5, 5.41) is 1.10. The smallest absolute Gasteiger partial charge is 1.00 e. The number of halogens is 1. The van der Waals surface area contributed by atoms with Crippen molar-refractivity contribution in [1.29, 1.82) is 0 Å². The summed E-state index contributed by atoms with van der Waals surface area (Å²) in [5.41, 5.74) is 0.813. The van der Waals surface area contributed by atoms with Gasteiger partial charge in [-0.15, -0.1) is 0 Å². The minimum absolute atomic E-state index is 0. The Kier molecular flexibility index (Phi) is 7.18.